The van der Waals surface area contributed by atoms with Crippen LogP contribution in [0.5, 0.6) is 11.5 Å². The third-order valence-electron chi connectivity index (χ3n) is 2.32. The Kier molecular flexibility index (Phi) is 5.41. The van der Waals surface area contributed by atoms with Gasteiger partial charge in [0.25, 0.3) is 0 Å². The Morgan fingerprint density at radius 1 is 1.05 bits per heavy atom. The van der Waals surface area contributed by atoms with Crippen LogP contribution in [0.25, 0.3) is 0 Å². The number of H-pyrrole nitrogens is 2. The van der Waals surface area contributed by atoms with Crippen molar-refractivity contribution in [1.29, 1.82) is 0 Å². The lowest BCUT2D eigenvalue weighted by Gasteiger charge is -1.91. The molecule has 3 aromatic rings. The van der Waals surface area contributed by atoms with Gasteiger partial charge in [-0.25, -0.2) is 9.97 Å². The second-order valence-electron chi connectivity index (χ2n) is 3.79. The molecule has 0 spiro atoms. The number of aromatic nitrogens is 4. The molecular weight excluding hydrogens is 272 g/mol. The molecular formula is C13H16N4O2Si. The Bertz CT molecular complexity index is 544. The second kappa shape index (κ2) is 7.80. The lowest BCUT2D eigenvalue weighted by atomic mass is 10.3. The second-order valence-corrected chi connectivity index (χ2v) is 4.60. The zero-order valence-electron chi connectivity index (χ0n) is 11.1. The van der Waals surface area contributed by atoms with Crippen LogP contribution in [0.4, 0.5) is 0 Å². The highest BCUT2D eigenvalue weighted by Gasteiger charge is 2.10. The normalized spacial score (nSPS) is 10.8. The highest BCUT2D eigenvalue weighted by atomic mass is 28.3. The minimum Gasteiger partial charge on any atom is -0.513 e. The van der Waals surface area contributed by atoms with Crippen molar-refractivity contribution in [2.45, 2.75) is 6.92 Å². The summed E-state index contributed by atoms with van der Waals surface area (Å²) in [6.07, 6.45) is 8.62. The molecule has 0 aliphatic carbocycles. The van der Waals surface area contributed by atoms with E-state index in [1.807, 2.05) is 31.2 Å². The van der Waals surface area contributed by atoms with Gasteiger partial charge in [-0.05, 0) is 19.1 Å². The fourth-order valence-corrected chi connectivity index (χ4v) is 2.19. The molecule has 6 nitrogen and oxygen atoms in total. The van der Waals surface area contributed by atoms with Crippen LogP contribution in [0, 0.1) is 6.92 Å². The van der Waals surface area contributed by atoms with Gasteiger partial charge in [0, 0.05) is 24.8 Å². The summed E-state index contributed by atoms with van der Waals surface area (Å²) in [7, 11) is -0.710. The third kappa shape index (κ3) is 4.62. The van der Waals surface area contributed by atoms with Crippen molar-refractivity contribution in [1.82, 2.24) is 19.9 Å². The zero-order valence-corrected chi connectivity index (χ0v) is 12.5. The van der Waals surface area contributed by atoms with E-state index in [4.69, 9.17) is 8.85 Å². The molecule has 0 saturated heterocycles. The number of nitrogens with one attached hydrogen (secondary N) is 2. The molecule has 104 valence electrons. The van der Waals surface area contributed by atoms with Crippen LogP contribution >= 0.6 is 0 Å². The molecule has 7 heteroatoms. The molecule has 20 heavy (non-hydrogen) atoms. The number of imidazole rings is 2. The molecule has 0 saturated carbocycles. The molecule has 1 aliphatic rings. The molecule has 0 atom stereocenters. The molecule has 0 radical (unpaired) electrons. The zero-order chi connectivity index (χ0) is 14.0. The summed E-state index contributed by atoms with van der Waals surface area (Å²) in [5.41, 5.74) is 0. The highest BCUT2D eigenvalue weighted by Crippen LogP contribution is 2.29. The quantitative estimate of drug-likeness (QED) is 0.616. The van der Waals surface area contributed by atoms with Crippen LogP contribution in [0.2, 0.25) is 0 Å². The van der Waals surface area contributed by atoms with E-state index in [9.17, 15) is 0 Å². The lowest BCUT2D eigenvalue weighted by molar-refractivity contribution is 0.541. The number of nitrogens with zero attached hydrogens (tertiary/aromatic N) is 2. The first-order valence-corrected chi connectivity index (χ1v) is 7.25. The molecule has 2 aromatic heterocycles. The smallest absolute Gasteiger partial charge is 0.427 e. The van der Waals surface area contributed by atoms with E-state index in [1.54, 1.807) is 31.1 Å². The van der Waals surface area contributed by atoms with Crippen LogP contribution in [0.15, 0.2) is 55.4 Å². The maximum absolute atomic E-state index is 5.22. The number of rotatable bonds is 0. The molecule has 1 aromatic carbocycles. The Hall–Kier alpha value is -2.54. The predicted octanol–water partition coefficient (Wildman–Crippen LogP) is 1.58. The number of para-hydroxylation sites is 2. The lowest BCUT2D eigenvalue weighted by Crippen LogP contribution is -1.99. The Morgan fingerprint density at radius 2 is 1.80 bits per heavy atom. The minimum absolute atomic E-state index is 0.710. The van der Waals surface area contributed by atoms with Gasteiger partial charge in [-0.3, -0.25) is 0 Å². The third-order valence-corrected chi connectivity index (χ3v) is 3.18. The summed E-state index contributed by atoms with van der Waals surface area (Å²) in [4.78, 5) is 13.2. The average Bonchev–Trinajstić information content (AvgIpc) is 3.24. The summed E-state index contributed by atoms with van der Waals surface area (Å²) in [5.74, 6) is 2.78. The maximum Gasteiger partial charge on any atom is 0.427 e. The van der Waals surface area contributed by atoms with Crippen molar-refractivity contribution in [3.8, 4) is 11.5 Å². The van der Waals surface area contributed by atoms with E-state index in [1.165, 1.54) is 0 Å². The van der Waals surface area contributed by atoms with Gasteiger partial charge in [0.15, 0.2) is 0 Å². The van der Waals surface area contributed by atoms with Crippen molar-refractivity contribution >= 4 is 10.0 Å². The minimum atomic E-state index is -0.710. The summed E-state index contributed by atoms with van der Waals surface area (Å²) >= 11 is 0. The molecule has 0 amide bonds. The standard InChI is InChI=1S/C6H6O2Si.C4H6N2.C3H4N2/c1-2-4-6-5(3-1)7-9-8-6;1-4-5-2-3-6-4;1-2-5-3-4-1/h1-4H,9H2;2-3H,1H3,(H,5,6);1-3H,(H,4,5). The van der Waals surface area contributed by atoms with Crippen LogP contribution in [0.3, 0.4) is 0 Å². The Morgan fingerprint density at radius 3 is 2.15 bits per heavy atom. The Labute approximate surface area is 119 Å². The molecule has 3 heterocycles. The van der Waals surface area contributed by atoms with Crippen LogP contribution in [-0.4, -0.2) is 29.9 Å². The van der Waals surface area contributed by atoms with Gasteiger partial charge in [-0.15, -0.1) is 0 Å². The topological polar surface area (TPSA) is 75.8 Å². The molecule has 0 unspecified atom stereocenters. The molecule has 2 N–H and O–H groups in total. The van der Waals surface area contributed by atoms with E-state index in [0.29, 0.717) is 0 Å². The van der Waals surface area contributed by atoms with Gasteiger partial charge >= 0.3 is 10.0 Å². The fraction of sp³-hybridized carbons (Fsp3) is 0.0769. The van der Waals surface area contributed by atoms with E-state index in [2.05, 4.69) is 19.9 Å². The number of benzene rings is 1. The van der Waals surface area contributed by atoms with E-state index in [0.717, 1.165) is 17.3 Å². The van der Waals surface area contributed by atoms with Gasteiger partial charge in [0.2, 0.25) is 0 Å². The van der Waals surface area contributed by atoms with Crippen molar-refractivity contribution in [3.63, 3.8) is 0 Å². The van der Waals surface area contributed by atoms with Crippen LogP contribution in [0.1, 0.15) is 5.82 Å². The predicted molar refractivity (Wildman–Crippen MR) is 78.2 cm³/mol. The number of aromatic amines is 2. The summed E-state index contributed by atoms with van der Waals surface area (Å²) in [6, 6.07) is 7.74. The van der Waals surface area contributed by atoms with E-state index in [-0.39, 0.29) is 0 Å². The molecule has 0 fully saturated rings. The largest absolute Gasteiger partial charge is 0.513 e. The van der Waals surface area contributed by atoms with Gasteiger partial charge < -0.3 is 18.8 Å². The first kappa shape index (κ1) is 13.9. The van der Waals surface area contributed by atoms with Gasteiger partial charge in [0.1, 0.15) is 17.3 Å². The molecule has 4 rings (SSSR count). The summed E-state index contributed by atoms with van der Waals surface area (Å²) in [5, 5.41) is 0. The molecule has 0 bridgehead atoms. The SMILES string of the molecule is Cc1ncc[nH]1.c1c[nH]cn1.c1ccc2c(c1)O[SiH2]O2. The maximum atomic E-state index is 5.22. The number of hydrogen-bond acceptors (Lipinski definition) is 4. The van der Waals surface area contributed by atoms with Gasteiger partial charge in [0.05, 0.1) is 6.33 Å². The number of aryl methyl sites for hydroxylation is 1. The van der Waals surface area contributed by atoms with E-state index >= 15 is 0 Å². The Balaban J connectivity index is 0.000000117. The van der Waals surface area contributed by atoms with Crippen molar-refractivity contribution in [2.75, 3.05) is 0 Å². The van der Waals surface area contributed by atoms with E-state index < -0.39 is 10.0 Å². The van der Waals surface area contributed by atoms with Gasteiger partial charge in [-0.1, -0.05) is 12.1 Å². The van der Waals surface area contributed by atoms with Crippen LogP contribution < -0.4 is 8.85 Å². The van der Waals surface area contributed by atoms with Gasteiger partial charge in [-0.2, -0.15) is 0 Å². The van der Waals surface area contributed by atoms with Crippen molar-refractivity contribution < 1.29 is 8.85 Å². The highest BCUT2D eigenvalue weighted by molar-refractivity contribution is 6.22. The number of fused-ring (bicyclic) bond motifs is 1. The number of hydrogen-bond donors (Lipinski definition) is 2. The monoisotopic (exact) mass is 288 g/mol. The summed E-state index contributed by atoms with van der Waals surface area (Å²) in [6.45, 7) is 1.92. The van der Waals surface area contributed by atoms with Crippen molar-refractivity contribution in [2.24, 2.45) is 0 Å². The fourth-order valence-electron chi connectivity index (χ4n) is 1.40. The van der Waals surface area contributed by atoms with Crippen molar-refractivity contribution in [3.05, 3.63) is 61.2 Å². The summed E-state index contributed by atoms with van der Waals surface area (Å²) < 4.78 is 10.4. The molecule has 1 aliphatic heterocycles. The average molecular weight is 288 g/mol. The van der Waals surface area contributed by atoms with Crippen LogP contribution in [-0.2, 0) is 0 Å². The first-order chi connectivity index (χ1) is 9.86. The first-order valence-electron chi connectivity index (χ1n) is 6.09.